The summed E-state index contributed by atoms with van der Waals surface area (Å²) in [7, 11) is 0. The van der Waals surface area contributed by atoms with E-state index in [-0.39, 0.29) is 12.1 Å². The van der Waals surface area contributed by atoms with E-state index in [4.69, 9.17) is 0 Å². The molecule has 1 N–H and O–H groups in total. The Bertz CT molecular complexity index is 810. The molecule has 0 unspecified atom stereocenters. The molecule has 0 aliphatic carbocycles. The Hall–Kier alpha value is -2.82. The fraction of sp³-hybridized carbons (Fsp3) is 0.263. The molecule has 3 aromatic rings. The van der Waals surface area contributed by atoms with Crippen LogP contribution in [0.1, 0.15) is 23.7 Å². The van der Waals surface area contributed by atoms with Crippen LogP contribution in [0.15, 0.2) is 60.9 Å². The maximum absolute atomic E-state index is 12.4. The van der Waals surface area contributed by atoms with Crippen LogP contribution in [0.4, 0.5) is 4.79 Å². The van der Waals surface area contributed by atoms with E-state index in [1.807, 2.05) is 58.1 Å². The summed E-state index contributed by atoms with van der Waals surface area (Å²) in [6.45, 7) is 1.42. The van der Waals surface area contributed by atoms with Gasteiger partial charge in [0.05, 0.1) is 11.7 Å². The van der Waals surface area contributed by atoms with Gasteiger partial charge in [-0.05, 0) is 24.1 Å². The number of fused-ring (bicyclic) bond motifs is 1. The zero-order valence-corrected chi connectivity index (χ0v) is 13.4. The summed E-state index contributed by atoms with van der Waals surface area (Å²) in [6, 6.07) is 16.4. The summed E-state index contributed by atoms with van der Waals surface area (Å²) in [5.41, 5.74) is 3.13. The lowest BCUT2D eigenvalue weighted by atomic mass is 9.95. The molecule has 0 bridgehead atoms. The van der Waals surface area contributed by atoms with Gasteiger partial charge in [-0.1, -0.05) is 36.4 Å². The van der Waals surface area contributed by atoms with Gasteiger partial charge in [0, 0.05) is 31.9 Å². The molecule has 1 atom stereocenters. The quantitative estimate of drug-likeness (QED) is 0.803. The second-order valence-electron chi connectivity index (χ2n) is 6.09. The third-order valence-electron chi connectivity index (χ3n) is 4.54. The fourth-order valence-electron chi connectivity index (χ4n) is 3.16. The molecular weight excluding hydrogens is 300 g/mol. The van der Waals surface area contributed by atoms with Crippen molar-refractivity contribution in [2.75, 3.05) is 13.1 Å². The van der Waals surface area contributed by atoms with E-state index in [2.05, 4.69) is 22.4 Å². The molecule has 2 amide bonds. The molecule has 5 heteroatoms. The highest BCUT2D eigenvalue weighted by molar-refractivity contribution is 5.75. The van der Waals surface area contributed by atoms with Gasteiger partial charge in [0.15, 0.2) is 0 Å². The van der Waals surface area contributed by atoms with Crippen LogP contribution in [-0.4, -0.2) is 33.4 Å². The molecule has 0 spiro atoms. The molecule has 3 heterocycles. The van der Waals surface area contributed by atoms with Crippen molar-refractivity contribution in [3.63, 3.8) is 0 Å². The molecule has 2 aromatic heterocycles. The number of imidazole rings is 1. The average Bonchev–Trinajstić information content (AvgIpc) is 2.97. The summed E-state index contributed by atoms with van der Waals surface area (Å²) < 4.78 is 2.00. The van der Waals surface area contributed by atoms with E-state index < -0.39 is 0 Å². The van der Waals surface area contributed by atoms with Crippen molar-refractivity contribution in [2.24, 2.45) is 0 Å². The second-order valence-corrected chi connectivity index (χ2v) is 6.09. The Morgan fingerprint density at radius 2 is 2.00 bits per heavy atom. The molecule has 24 heavy (non-hydrogen) atoms. The SMILES string of the molecule is O=C(NCCc1cn2ccccc2n1)N1CC[C@@H]1c1ccccc1. The zero-order valence-electron chi connectivity index (χ0n) is 13.4. The highest BCUT2D eigenvalue weighted by Crippen LogP contribution is 2.32. The van der Waals surface area contributed by atoms with Gasteiger partial charge in [0.2, 0.25) is 0 Å². The molecule has 0 radical (unpaired) electrons. The van der Waals surface area contributed by atoms with Crippen molar-refractivity contribution in [1.82, 2.24) is 19.6 Å². The number of aromatic nitrogens is 2. The minimum absolute atomic E-state index is 0.0128. The smallest absolute Gasteiger partial charge is 0.317 e. The van der Waals surface area contributed by atoms with Crippen molar-refractivity contribution in [1.29, 1.82) is 0 Å². The lowest BCUT2D eigenvalue weighted by molar-refractivity contribution is 0.115. The number of nitrogens with one attached hydrogen (secondary N) is 1. The lowest BCUT2D eigenvalue weighted by Gasteiger charge is -2.41. The van der Waals surface area contributed by atoms with Gasteiger partial charge in [-0.2, -0.15) is 0 Å². The number of carbonyl (C=O) groups excluding carboxylic acids is 1. The maximum atomic E-state index is 12.4. The molecule has 1 aliphatic rings. The molecule has 1 aliphatic heterocycles. The van der Waals surface area contributed by atoms with Gasteiger partial charge < -0.3 is 14.6 Å². The minimum atomic E-state index is 0.0128. The number of amides is 2. The zero-order chi connectivity index (χ0) is 16.4. The van der Waals surface area contributed by atoms with Crippen LogP contribution in [0.3, 0.4) is 0 Å². The first-order valence-corrected chi connectivity index (χ1v) is 8.33. The molecule has 1 saturated heterocycles. The summed E-state index contributed by atoms with van der Waals surface area (Å²) in [4.78, 5) is 18.8. The van der Waals surface area contributed by atoms with Gasteiger partial charge in [-0.3, -0.25) is 0 Å². The minimum Gasteiger partial charge on any atom is -0.338 e. The number of nitrogens with zero attached hydrogens (tertiary/aromatic N) is 3. The predicted molar refractivity (Wildman–Crippen MR) is 92.8 cm³/mol. The third-order valence-corrected chi connectivity index (χ3v) is 4.54. The van der Waals surface area contributed by atoms with Crippen LogP contribution in [0.25, 0.3) is 5.65 Å². The van der Waals surface area contributed by atoms with E-state index >= 15 is 0 Å². The van der Waals surface area contributed by atoms with Crippen LogP contribution in [0.2, 0.25) is 0 Å². The van der Waals surface area contributed by atoms with Crippen molar-refractivity contribution in [3.05, 3.63) is 72.2 Å². The van der Waals surface area contributed by atoms with Crippen LogP contribution >= 0.6 is 0 Å². The van der Waals surface area contributed by atoms with Crippen LogP contribution < -0.4 is 5.32 Å². The van der Waals surface area contributed by atoms with Crippen LogP contribution in [-0.2, 0) is 6.42 Å². The van der Waals surface area contributed by atoms with E-state index in [9.17, 15) is 4.79 Å². The number of urea groups is 1. The average molecular weight is 320 g/mol. The number of likely N-dealkylation sites (tertiary alicyclic amines) is 1. The summed E-state index contributed by atoms with van der Waals surface area (Å²) in [6.07, 6.45) is 5.76. The highest BCUT2D eigenvalue weighted by Gasteiger charge is 2.32. The standard InChI is InChI=1S/C19H20N4O/c24-19(23-13-10-17(23)15-6-2-1-3-7-15)20-11-9-16-14-22-12-5-4-8-18(22)21-16/h1-8,12,14,17H,9-11,13H2,(H,20,24)/t17-/m1/s1. The van der Waals surface area contributed by atoms with Gasteiger partial charge in [0.1, 0.15) is 5.65 Å². The Balaban J connectivity index is 1.32. The molecule has 122 valence electrons. The topological polar surface area (TPSA) is 49.6 Å². The second kappa shape index (κ2) is 6.35. The summed E-state index contributed by atoms with van der Waals surface area (Å²) in [5, 5.41) is 3.01. The van der Waals surface area contributed by atoms with E-state index in [1.54, 1.807) is 0 Å². The maximum Gasteiger partial charge on any atom is 0.317 e. The van der Waals surface area contributed by atoms with E-state index in [0.717, 1.165) is 30.7 Å². The molecule has 1 aromatic carbocycles. The van der Waals surface area contributed by atoms with Crippen LogP contribution in [0.5, 0.6) is 0 Å². The Kier molecular flexibility index (Phi) is 3.91. The molecular formula is C19H20N4O. The largest absolute Gasteiger partial charge is 0.338 e. The summed E-state index contributed by atoms with van der Waals surface area (Å²) >= 11 is 0. The number of pyridine rings is 1. The number of hydrogen-bond acceptors (Lipinski definition) is 2. The Labute approximate surface area is 140 Å². The van der Waals surface area contributed by atoms with Crippen molar-refractivity contribution in [2.45, 2.75) is 18.9 Å². The fourth-order valence-corrected chi connectivity index (χ4v) is 3.16. The van der Waals surface area contributed by atoms with Gasteiger partial charge in [0.25, 0.3) is 0 Å². The first-order chi connectivity index (χ1) is 11.8. The van der Waals surface area contributed by atoms with Gasteiger partial charge >= 0.3 is 6.03 Å². The number of hydrogen-bond donors (Lipinski definition) is 1. The van der Waals surface area contributed by atoms with Gasteiger partial charge in [-0.25, -0.2) is 9.78 Å². The summed E-state index contributed by atoms with van der Waals surface area (Å²) in [5.74, 6) is 0. The molecule has 0 saturated carbocycles. The number of benzene rings is 1. The Morgan fingerprint density at radius 3 is 2.75 bits per heavy atom. The van der Waals surface area contributed by atoms with E-state index in [0.29, 0.717) is 6.54 Å². The van der Waals surface area contributed by atoms with Gasteiger partial charge in [-0.15, -0.1) is 0 Å². The predicted octanol–water partition coefficient (Wildman–Crippen LogP) is 3.03. The first kappa shape index (κ1) is 14.8. The van der Waals surface area contributed by atoms with Crippen molar-refractivity contribution >= 4 is 11.7 Å². The first-order valence-electron chi connectivity index (χ1n) is 8.33. The lowest BCUT2D eigenvalue weighted by Crippen LogP contribution is -2.50. The molecule has 1 fully saturated rings. The molecule has 5 nitrogen and oxygen atoms in total. The monoisotopic (exact) mass is 320 g/mol. The van der Waals surface area contributed by atoms with Crippen molar-refractivity contribution in [3.8, 4) is 0 Å². The number of rotatable bonds is 4. The Morgan fingerprint density at radius 1 is 1.17 bits per heavy atom. The van der Waals surface area contributed by atoms with Crippen LogP contribution in [0, 0.1) is 0 Å². The van der Waals surface area contributed by atoms with Crippen molar-refractivity contribution < 1.29 is 4.79 Å². The third kappa shape index (κ3) is 2.85. The highest BCUT2D eigenvalue weighted by atomic mass is 16.2. The number of carbonyl (C=O) groups is 1. The molecule has 4 rings (SSSR count). The van der Waals surface area contributed by atoms with E-state index in [1.165, 1.54) is 5.56 Å². The normalized spacial score (nSPS) is 16.8.